The summed E-state index contributed by atoms with van der Waals surface area (Å²) in [4.78, 5) is 28.0. The zero-order chi connectivity index (χ0) is 18.1. The zero-order valence-corrected chi connectivity index (χ0v) is 14.6. The van der Waals surface area contributed by atoms with Crippen LogP contribution in [0.5, 0.6) is 0 Å². The molecule has 0 amide bonds. The lowest BCUT2D eigenvalue weighted by molar-refractivity contribution is -0.00228. The number of rotatable bonds is 3. The Morgan fingerprint density at radius 2 is 2.12 bits per heavy atom. The predicted octanol–water partition coefficient (Wildman–Crippen LogP) is 1.86. The second kappa shape index (κ2) is 6.54. The van der Waals surface area contributed by atoms with Gasteiger partial charge < -0.3 is 19.4 Å². The van der Waals surface area contributed by atoms with Gasteiger partial charge in [-0.1, -0.05) is 18.8 Å². The molecule has 0 unspecified atom stereocenters. The molecule has 0 saturated carbocycles. The molecule has 0 radical (unpaired) electrons. The summed E-state index contributed by atoms with van der Waals surface area (Å²) in [6, 6.07) is 0. The number of nitrogens with one attached hydrogen (secondary N) is 1. The molecule has 0 bridgehead atoms. The number of aromatic amines is 1. The molecule has 2 aromatic rings. The van der Waals surface area contributed by atoms with Gasteiger partial charge in [-0.3, -0.25) is 4.79 Å². The van der Waals surface area contributed by atoms with E-state index in [1.54, 1.807) is 20.2 Å². The third kappa shape index (κ3) is 3.22. The van der Waals surface area contributed by atoms with Crippen LogP contribution in [0.15, 0.2) is 11.0 Å². The number of nitrogens with zero attached hydrogens (tertiary/aromatic N) is 1. The maximum Gasteiger partial charge on any atom is 0.341 e. The van der Waals surface area contributed by atoms with Crippen LogP contribution in [0.2, 0.25) is 0 Å². The Balaban J connectivity index is 2.75. The van der Waals surface area contributed by atoms with Crippen LogP contribution < -0.4 is 5.56 Å². The highest BCUT2D eigenvalue weighted by atomic mass is 16.6. The van der Waals surface area contributed by atoms with Gasteiger partial charge in [0.05, 0.1) is 11.1 Å². The topological polar surface area (TPSA) is 84.3 Å². The molecule has 0 fully saturated rings. The van der Waals surface area contributed by atoms with Gasteiger partial charge in [-0.25, -0.2) is 4.79 Å². The zero-order valence-electron chi connectivity index (χ0n) is 14.6. The smallest absolute Gasteiger partial charge is 0.341 e. The molecule has 0 atom stereocenters. The number of carbonyl (C=O) groups excluding carboxylic acids is 1. The minimum atomic E-state index is -0.607. The van der Waals surface area contributed by atoms with E-state index in [9.17, 15) is 9.59 Å². The van der Waals surface area contributed by atoms with Gasteiger partial charge in [-0.2, -0.15) is 0 Å². The highest BCUT2D eigenvalue weighted by Gasteiger charge is 2.27. The Bertz CT molecular complexity index is 907. The van der Waals surface area contributed by atoms with Crippen LogP contribution in [0.25, 0.3) is 10.9 Å². The molecule has 0 aliphatic rings. The molecular weight excluding hydrogens is 308 g/mol. The Morgan fingerprint density at radius 1 is 1.46 bits per heavy atom. The Morgan fingerprint density at radius 3 is 2.71 bits per heavy atom. The molecule has 6 heteroatoms. The van der Waals surface area contributed by atoms with Crippen molar-refractivity contribution < 1.29 is 14.6 Å². The van der Waals surface area contributed by atoms with E-state index < -0.39 is 11.6 Å². The van der Waals surface area contributed by atoms with Crippen molar-refractivity contribution in [1.29, 1.82) is 0 Å². The van der Waals surface area contributed by atoms with Gasteiger partial charge in [0.2, 0.25) is 0 Å². The van der Waals surface area contributed by atoms with Crippen molar-refractivity contribution in [3.63, 3.8) is 0 Å². The number of hydrogen-bond acceptors (Lipinski definition) is 4. The van der Waals surface area contributed by atoms with Crippen LogP contribution in [0.3, 0.4) is 0 Å². The molecular formula is C18H22N2O4. The average Bonchev–Trinajstić information content (AvgIpc) is 2.87. The summed E-state index contributed by atoms with van der Waals surface area (Å²) in [7, 11) is 1.61. The van der Waals surface area contributed by atoms with Crippen molar-refractivity contribution in [1.82, 2.24) is 9.55 Å². The van der Waals surface area contributed by atoms with E-state index in [0.29, 0.717) is 34.1 Å². The third-order valence-corrected chi connectivity index (χ3v) is 4.04. The quantitative estimate of drug-likeness (QED) is 0.664. The van der Waals surface area contributed by atoms with E-state index in [1.807, 2.05) is 20.8 Å². The van der Waals surface area contributed by atoms with E-state index in [2.05, 4.69) is 16.8 Å². The van der Waals surface area contributed by atoms with Crippen molar-refractivity contribution in [2.24, 2.45) is 7.05 Å². The molecule has 0 aliphatic heterocycles. The number of aryl methyl sites for hydroxylation is 2. The molecule has 2 aromatic heterocycles. The van der Waals surface area contributed by atoms with E-state index in [0.717, 1.165) is 0 Å². The van der Waals surface area contributed by atoms with Crippen molar-refractivity contribution in [3.8, 4) is 11.8 Å². The SMILES string of the molecule is CCC(C)(C)OC(=O)c1c(C)[nH]c2c(=O)n(C)cc(C#CCO)c12. The maximum absolute atomic E-state index is 12.7. The first-order valence-corrected chi connectivity index (χ1v) is 7.76. The number of hydrogen-bond donors (Lipinski definition) is 2. The summed E-state index contributed by atoms with van der Waals surface area (Å²) in [5.41, 5.74) is 0.803. The summed E-state index contributed by atoms with van der Waals surface area (Å²) < 4.78 is 6.98. The predicted molar refractivity (Wildman–Crippen MR) is 92.0 cm³/mol. The fourth-order valence-electron chi connectivity index (χ4n) is 2.41. The number of carbonyl (C=O) groups is 1. The highest BCUT2D eigenvalue weighted by molar-refractivity contribution is 6.07. The molecule has 0 aromatic carbocycles. The van der Waals surface area contributed by atoms with Crippen LogP contribution in [0.4, 0.5) is 0 Å². The molecule has 24 heavy (non-hydrogen) atoms. The molecule has 2 heterocycles. The monoisotopic (exact) mass is 330 g/mol. The molecule has 0 saturated heterocycles. The Hall–Kier alpha value is -2.52. The van der Waals surface area contributed by atoms with Gasteiger partial charge in [0.15, 0.2) is 0 Å². The van der Waals surface area contributed by atoms with Crippen molar-refractivity contribution in [2.75, 3.05) is 6.61 Å². The molecule has 0 aliphatic carbocycles. The van der Waals surface area contributed by atoms with Gasteiger partial charge in [0.1, 0.15) is 17.7 Å². The van der Waals surface area contributed by atoms with Crippen LogP contribution >= 0.6 is 0 Å². The lowest BCUT2D eigenvalue weighted by Gasteiger charge is -2.23. The number of ether oxygens (including phenoxy) is 1. The normalized spacial score (nSPS) is 11.2. The van der Waals surface area contributed by atoms with E-state index in [4.69, 9.17) is 9.84 Å². The number of pyridine rings is 1. The third-order valence-electron chi connectivity index (χ3n) is 4.04. The number of aliphatic hydroxyl groups excluding tert-OH is 1. The first-order valence-electron chi connectivity index (χ1n) is 7.76. The summed E-state index contributed by atoms with van der Waals surface area (Å²) >= 11 is 0. The standard InChI is InChI=1S/C18H22N2O4/c1-6-18(3,4)24-17(23)13-11(2)19-15-14(13)12(8-7-9-21)10-20(5)16(15)22/h10,19,21H,6,9H2,1-5H3. The van der Waals surface area contributed by atoms with Crippen molar-refractivity contribution >= 4 is 16.9 Å². The number of esters is 1. The van der Waals surface area contributed by atoms with Crippen molar-refractivity contribution in [3.05, 3.63) is 33.4 Å². The van der Waals surface area contributed by atoms with Gasteiger partial charge in [0, 0.05) is 24.3 Å². The van der Waals surface area contributed by atoms with E-state index in [-0.39, 0.29) is 12.2 Å². The lowest BCUT2D eigenvalue weighted by atomic mass is 10.0. The largest absolute Gasteiger partial charge is 0.456 e. The first kappa shape index (κ1) is 17.8. The Labute approximate surface area is 140 Å². The van der Waals surface area contributed by atoms with Gasteiger partial charge in [-0.15, -0.1) is 0 Å². The van der Waals surface area contributed by atoms with Crippen LogP contribution in [0, 0.1) is 18.8 Å². The van der Waals surface area contributed by atoms with Gasteiger partial charge in [0.25, 0.3) is 5.56 Å². The van der Waals surface area contributed by atoms with E-state index >= 15 is 0 Å². The fraction of sp³-hybridized carbons (Fsp3) is 0.444. The van der Waals surface area contributed by atoms with Crippen molar-refractivity contribution in [2.45, 2.75) is 39.7 Å². The second-order valence-corrected chi connectivity index (χ2v) is 6.30. The number of H-pyrrole nitrogens is 1. The first-order chi connectivity index (χ1) is 11.2. The highest BCUT2D eigenvalue weighted by Crippen LogP contribution is 2.26. The summed E-state index contributed by atoms with van der Waals surface area (Å²) in [5.74, 6) is 4.87. The lowest BCUT2D eigenvalue weighted by Crippen LogP contribution is -2.27. The van der Waals surface area contributed by atoms with Crippen LogP contribution in [-0.4, -0.2) is 32.8 Å². The molecule has 2 N–H and O–H groups in total. The summed E-state index contributed by atoms with van der Waals surface area (Å²) in [5, 5.41) is 9.39. The summed E-state index contributed by atoms with van der Waals surface area (Å²) in [6.45, 7) is 7.01. The molecule has 6 nitrogen and oxygen atoms in total. The van der Waals surface area contributed by atoms with Crippen LogP contribution in [-0.2, 0) is 11.8 Å². The second-order valence-electron chi connectivity index (χ2n) is 6.30. The Kier molecular flexibility index (Phi) is 4.86. The number of aromatic nitrogens is 2. The minimum Gasteiger partial charge on any atom is -0.456 e. The minimum absolute atomic E-state index is 0.253. The van der Waals surface area contributed by atoms with Crippen LogP contribution in [0.1, 0.15) is 48.8 Å². The fourth-order valence-corrected chi connectivity index (χ4v) is 2.41. The molecule has 0 spiro atoms. The van der Waals surface area contributed by atoms with E-state index in [1.165, 1.54) is 4.57 Å². The maximum atomic E-state index is 12.7. The number of aliphatic hydroxyl groups is 1. The van der Waals surface area contributed by atoms with Gasteiger partial charge in [-0.05, 0) is 27.2 Å². The summed E-state index contributed by atoms with van der Waals surface area (Å²) in [6.07, 6.45) is 2.22. The van der Waals surface area contributed by atoms with Gasteiger partial charge >= 0.3 is 5.97 Å². The number of fused-ring (bicyclic) bond motifs is 1. The molecule has 128 valence electrons. The average molecular weight is 330 g/mol. The molecule has 2 rings (SSSR count).